The van der Waals surface area contributed by atoms with Crippen LogP contribution in [0.4, 0.5) is 14.5 Å². The van der Waals surface area contributed by atoms with Gasteiger partial charge in [0.1, 0.15) is 58.3 Å². The molecule has 49 heavy (non-hydrogen) atoms. The van der Waals surface area contributed by atoms with E-state index in [1.54, 1.807) is 48.9 Å². The molecule has 5 aromatic rings. The van der Waals surface area contributed by atoms with Gasteiger partial charge in [0.15, 0.2) is 0 Å². The van der Waals surface area contributed by atoms with Crippen molar-refractivity contribution in [3.8, 4) is 22.9 Å². The first kappa shape index (κ1) is 35.9. The van der Waals surface area contributed by atoms with Gasteiger partial charge in [-0.15, -0.1) is 0 Å². The molecule has 4 aromatic carbocycles. The van der Waals surface area contributed by atoms with Crippen LogP contribution in [0.3, 0.4) is 0 Å². The van der Waals surface area contributed by atoms with Crippen LogP contribution in [-0.4, -0.2) is 42.7 Å². The van der Waals surface area contributed by atoms with E-state index in [4.69, 9.17) is 14.2 Å². The van der Waals surface area contributed by atoms with Crippen molar-refractivity contribution < 1.29 is 44.8 Å². The van der Waals surface area contributed by atoms with Gasteiger partial charge in [-0.25, -0.2) is 8.78 Å². The number of nitrogens with zero attached hydrogens (tertiary/aromatic N) is 2. The normalized spacial score (nSPS) is 12.8. The maximum Gasteiger partial charge on any atom is 0.263 e. The number of anilines is 1. The van der Waals surface area contributed by atoms with Crippen LogP contribution in [0.2, 0.25) is 0 Å². The lowest BCUT2D eigenvalue weighted by atomic mass is 10.1. The van der Waals surface area contributed by atoms with E-state index in [-0.39, 0.29) is 40.2 Å². The number of aromatic nitrogens is 1. The van der Waals surface area contributed by atoms with Gasteiger partial charge in [-0.1, -0.05) is 24.3 Å². The third kappa shape index (κ3) is 7.94. The van der Waals surface area contributed by atoms with Crippen LogP contribution in [0, 0.1) is 11.6 Å². The lowest BCUT2D eigenvalue weighted by Gasteiger charge is -2.22. The highest BCUT2D eigenvalue weighted by Crippen LogP contribution is 2.31. The number of hydrogen-bond donors (Lipinski definition) is 0. The number of hydrogen-bond acceptors (Lipinski definition) is 5. The number of carbonyl (C=O) groups is 1. The first-order chi connectivity index (χ1) is 23.3. The van der Waals surface area contributed by atoms with Crippen molar-refractivity contribution >= 4 is 33.4 Å². The molecule has 1 aliphatic heterocycles. The monoisotopic (exact) mass is 750 g/mol. The van der Waals surface area contributed by atoms with Crippen molar-refractivity contribution in [2.75, 3.05) is 37.2 Å². The van der Waals surface area contributed by atoms with Gasteiger partial charge in [-0.2, -0.15) is 0 Å². The molecule has 7 nitrogen and oxygen atoms in total. The molecule has 256 valence electrons. The van der Waals surface area contributed by atoms with Gasteiger partial charge in [0.25, 0.3) is 5.91 Å². The highest BCUT2D eigenvalue weighted by atomic mass is 79.9. The topological polar surface area (TPSA) is 70.0 Å². The molecular formula is C38H37BrF2N2O5S. The fourth-order valence-corrected chi connectivity index (χ4v) is 8.50. The Morgan fingerprint density at radius 2 is 1.53 bits per heavy atom. The SMILES string of the molecule is CCN(C(=O)c1cn(-c2cc(OC)cc(OCc3ccccc3C[S+]3CCCC3)c2)c2cc(OC)ccc2c1=O)c1cc(F)cc(F)c1.[Br-]. The summed E-state index contributed by atoms with van der Waals surface area (Å²) in [4.78, 5) is 29.0. The Morgan fingerprint density at radius 3 is 2.20 bits per heavy atom. The lowest BCUT2D eigenvalue weighted by Crippen LogP contribution is -3.00. The summed E-state index contributed by atoms with van der Waals surface area (Å²) in [5, 5.41) is 0.259. The van der Waals surface area contributed by atoms with E-state index in [9.17, 15) is 18.4 Å². The van der Waals surface area contributed by atoms with Crippen molar-refractivity contribution in [3.05, 3.63) is 124 Å². The van der Waals surface area contributed by atoms with E-state index in [1.165, 1.54) is 48.1 Å². The molecule has 0 spiro atoms. The third-order valence-electron chi connectivity index (χ3n) is 8.53. The van der Waals surface area contributed by atoms with Crippen molar-refractivity contribution in [1.82, 2.24) is 4.57 Å². The molecule has 1 fully saturated rings. The standard InChI is InChI=1S/C38H37F2N2O5S.BrH/c1-4-41(29-16-27(39)15-28(40)17-29)38(44)35-22-42(36-21-31(45-2)11-12-34(36)37(35)43)30-18-32(46-3)20-33(19-30)47-23-25-9-5-6-10-26(25)24-48-13-7-8-14-48;/h5-6,9-12,15-22H,4,7-8,13-14,23-24H2,1-3H3;1H/q+1;/p-1. The zero-order valence-electron chi connectivity index (χ0n) is 27.5. The van der Waals surface area contributed by atoms with Crippen LogP contribution in [0.25, 0.3) is 16.6 Å². The van der Waals surface area contributed by atoms with Gasteiger partial charge in [0, 0.05) is 59.7 Å². The number of methoxy groups -OCH3 is 2. The average Bonchev–Trinajstić information content (AvgIpc) is 3.60. The highest BCUT2D eigenvalue weighted by Gasteiger charge is 2.26. The average molecular weight is 752 g/mol. The molecule has 1 aliphatic rings. The van der Waals surface area contributed by atoms with Crippen LogP contribution >= 0.6 is 0 Å². The molecule has 0 radical (unpaired) electrons. The summed E-state index contributed by atoms with van der Waals surface area (Å²) in [6.07, 6.45) is 4.04. The van der Waals surface area contributed by atoms with Crippen LogP contribution < -0.4 is 41.5 Å². The summed E-state index contributed by atoms with van der Waals surface area (Å²) < 4.78 is 47.5. The van der Waals surface area contributed by atoms with Crippen molar-refractivity contribution in [1.29, 1.82) is 0 Å². The van der Waals surface area contributed by atoms with E-state index in [0.717, 1.165) is 29.5 Å². The quantitative estimate of drug-likeness (QED) is 0.187. The predicted octanol–water partition coefficient (Wildman–Crippen LogP) is 4.45. The van der Waals surface area contributed by atoms with Crippen LogP contribution in [0.15, 0.2) is 89.9 Å². The van der Waals surface area contributed by atoms with E-state index in [2.05, 4.69) is 18.2 Å². The number of halogens is 3. The molecule has 0 aliphatic carbocycles. The second-order valence-electron chi connectivity index (χ2n) is 11.6. The highest BCUT2D eigenvalue weighted by molar-refractivity contribution is 7.96. The first-order valence-corrected chi connectivity index (χ1v) is 17.6. The fraction of sp³-hybridized carbons (Fsp3) is 0.263. The van der Waals surface area contributed by atoms with Gasteiger partial charge in [0.2, 0.25) is 5.43 Å². The maximum atomic E-state index is 14.1. The molecule has 1 saturated heterocycles. The molecule has 1 aromatic heterocycles. The Hall–Kier alpha value is -4.35. The summed E-state index contributed by atoms with van der Waals surface area (Å²) in [7, 11) is 3.49. The molecule has 0 bridgehead atoms. The Balaban J connectivity index is 0.00000468. The van der Waals surface area contributed by atoms with E-state index >= 15 is 0 Å². The summed E-state index contributed by atoms with van der Waals surface area (Å²) in [5.41, 5.74) is 2.78. The van der Waals surface area contributed by atoms with Gasteiger partial charge < -0.3 is 40.7 Å². The molecule has 6 rings (SSSR count). The Labute approximate surface area is 297 Å². The van der Waals surface area contributed by atoms with Gasteiger partial charge >= 0.3 is 0 Å². The molecule has 0 N–H and O–H groups in total. The second kappa shape index (κ2) is 15.9. The van der Waals surface area contributed by atoms with Crippen LogP contribution in [-0.2, 0) is 23.3 Å². The van der Waals surface area contributed by atoms with Crippen molar-refractivity contribution in [2.24, 2.45) is 0 Å². The molecule has 0 atom stereocenters. The number of fused-ring (bicyclic) bond motifs is 1. The third-order valence-corrected chi connectivity index (χ3v) is 11.0. The number of rotatable bonds is 11. The molecule has 11 heteroatoms. The number of amides is 1. The Kier molecular flexibility index (Phi) is 11.7. The van der Waals surface area contributed by atoms with Gasteiger partial charge in [-0.3, -0.25) is 9.59 Å². The lowest BCUT2D eigenvalue weighted by molar-refractivity contribution is -0.0000198. The minimum absolute atomic E-state index is 0. The van der Waals surface area contributed by atoms with Crippen LogP contribution in [0.1, 0.15) is 41.3 Å². The smallest absolute Gasteiger partial charge is 0.263 e. The summed E-state index contributed by atoms with van der Waals surface area (Å²) in [5.74, 6) is 2.83. The molecular weight excluding hydrogens is 714 g/mol. The van der Waals surface area contributed by atoms with Gasteiger partial charge in [-0.05, 0) is 60.5 Å². The van der Waals surface area contributed by atoms with E-state index < -0.39 is 23.0 Å². The maximum absolute atomic E-state index is 14.1. The zero-order chi connectivity index (χ0) is 33.8. The number of ether oxygens (including phenoxy) is 3. The predicted molar refractivity (Wildman–Crippen MR) is 187 cm³/mol. The molecule has 0 saturated carbocycles. The number of carbonyl (C=O) groups excluding carboxylic acids is 1. The zero-order valence-corrected chi connectivity index (χ0v) is 29.9. The minimum Gasteiger partial charge on any atom is -1.00 e. The van der Waals surface area contributed by atoms with Crippen LogP contribution in [0.5, 0.6) is 17.2 Å². The summed E-state index contributed by atoms with van der Waals surface area (Å²) >= 11 is 0. The minimum atomic E-state index is -0.829. The second-order valence-corrected chi connectivity index (χ2v) is 13.9. The Morgan fingerprint density at radius 1 is 0.857 bits per heavy atom. The summed E-state index contributed by atoms with van der Waals surface area (Å²) in [6, 6.07) is 21.6. The van der Waals surface area contributed by atoms with Gasteiger partial charge in [0.05, 0.1) is 25.4 Å². The molecule has 0 unspecified atom stereocenters. The van der Waals surface area contributed by atoms with E-state index in [1.807, 2.05) is 12.1 Å². The molecule has 2 heterocycles. The molecule has 1 amide bonds. The van der Waals surface area contributed by atoms with Crippen molar-refractivity contribution in [2.45, 2.75) is 32.1 Å². The Bertz CT molecular complexity index is 2010. The van der Waals surface area contributed by atoms with Crippen molar-refractivity contribution in [3.63, 3.8) is 0 Å². The fourth-order valence-electron chi connectivity index (χ4n) is 6.06. The number of pyridine rings is 1. The number of benzene rings is 4. The summed E-state index contributed by atoms with van der Waals surface area (Å²) in [6.45, 7) is 2.10. The largest absolute Gasteiger partial charge is 1.00 e. The first-order valence-electron chi connectivity index (χ1n) is 15.8. The van der Waals surface area contributed by atoms with E-state index in [0.29, 0.717) is 46.0 Å².